The summed E-state index contributed by atoms with van der Waals surface area (Å²) in [5.74, 6) is 1.33. The first-order valence-corrected chi connectivity index (χ1v) is 7.93. The van der Waals surface area contributed by atoms with E-state index in [0.29, 0.717) is 29.8 Å². The van der Waals surface area contributed by atoms with Crippen LogP contribution >= 0.6 is 0 Å². The monoisotopic (exact) mass is 306 g/mol. The number of nitrogens with zero attached hydrogens (tertiary/aromatic N) is 1. The number of rotatable bonds is 6. The predicted molar refractivity (Wildman–Crippen MR) is 87.7 cm³/mol. The summed E-state index contributed by atoms with van der Waals surface area (Å²) in [4.78, 5) is 14.6. The Balaban J connectivity index is 2.02. The van der Waals surface area contributed by atoms with Gasteiger partial charge in [-0.3, -0.25) is 9.69 Å². The maximum atomic E-state index is 12.4. The zero-order valence-electron chi connectivity index (χ0n) is 13.7. The van der Waals surface area contributed by atoms with Gasteiger partial charge < -0.3 is 14.8 Å². The molecule has 1 N–H and O–H groups in total. The predicted octanol–water partition coefficient (Wildman–Crippen LogP) is 2.91. The van der Waals surface area contributed by atoms with Gasteiger partial charge in [-0.05, 0) is 37.9 Å². The average molecular weight is 306 g/mol. The minimum absolute atomic E-state index is 0.00750. The van der Waals surface area contributed by atoms with E-state index in [0.717, 1.165) is 13.0 Å². The molecule has 0 bridgehead atoms. The molecule has 1 amide bonds. The van der Waals surface area contributed by atoms with E-state index >= 15 is 0 Å². The molecule has 0 aromatic heterocycles. The van der Waals surface area contributed by atoms with Crippen molar-refractivity contribution in [1.29, 1.82) is 0 Å². The molecular weight excluding hydrogens is 280 g/mol. The molecule has 122 valence electrons. The van der Waals surface area contributed by atoms with Crippen LogP contribution in [0.25, 0.3) is 0 Å². The number of ether oxygens (including phenoxy) is 2. The molecule has 1 unspecified atom stereocenters. The molecule has 2 rings (SSSR count). The Labute approximate surface area is 132 Å². The lowest BCUT2D eigenvalue weighted by Gasteiger charge is -2.34. The molecule has 22 heavy (non-hydrogen) atoms. The van der Waals surface area contributed by atoms with Crippen molar-refractivity contribution in [1.82, 2.24) is 4.90 Å². The second kappa shape index (κ2) is 8.03. The zero-order valence-corrected chi connectivity index (χ0v) is 13.7. The van der Waals surface area contributed by atoms with E-state index in [1.807, 2.05) is 6.07 Å². The summed E-state index contributed by atoms with van der Waals surface area (Å²) in [7, 11) is 3.20. The summed E-state index contributed by atoms with van der Waals surface area (Å²) in [6, 6.07) is 5.91. The van der Waals surface area contributed by atoms with Crippen LogP contribution in [0.3, 0.4) is 0 Å². The molecule has 0 saturated carbocycles. The normalized spacial score (nSPS) is 18.8. The van der Waals surface area contributed by atoms with Gasteiger partial charge in [-0.25, -0.2) is 0 Å². The average Bonchev–Trinajstić information content (AvgIpc) is 2.55. The molecule has 1 aromatic carbocycles. The Morgan fingerprint density at radius 1 is 1.32 bits per heavy atom. The van der Waals surface area contributed by atoms with Crippen LogP contribution in [0, 0.1) is 0 Å². The summed E-state index contributed by atoms with van der Waals surface area (Å²) in [6.45, 7) is 3.62. The molecule has 0 radical (unpaired) electrons. The van der Waals surface area contributed by atoms with Gasteiger partial charge in [0.25, 0.3) is 0 Å². The lowest BCUT2D eigenvalue weighted by atomic mass is 10.00. The van der Waals surface area contributed by atoms with E-state index in [9.17, 15) is 4.79 Å². The standard InChI is InChI=1S/C17H26N2O3/c1-4-13-7-5-6-10-19(13)12-17(20)18-15-11-14(21-2)8-9-16(15)22-3/h8-9,11,13H,4-7,10,12H2,1-3H3,(H,18,20). The molecule has 1 aliphatic heterocycles. The number of piperidine rings is 1. The van der Waals surface area contributed by atoms with Crippen LogP contribution in [0.2, 0.25) is 0 Å². The number of nitrogens with one attached hydrogen (secondary N) is 1. The second-order valence-corrected chi connectivity index (χ2v) is 5.64. The molecule has 5 nitrogen and oxygen atoms in total. The van der Waals surface area contributed by atoms with Gasteiger partial charge in [0.05, 0.1) is 26.5 Å². The largest absolute Gasteiger partial charge is 0.497 e. The zero-order chi connectivity index (χ0) is 15.9. The first-order valence-electron chi connectivity index (χ1n) is 7.93. The van der Waals surface area contributed by atoms with Crippen LogP contribution in [-0.4, -0.2) is 44.2 Å². The molecular formula is C17H26N2O3. The van der Waals surface area contributed by atoms with E-state index < -0.39 is 0 Å². The highest BCUT2D eigenvalue weighted by molar-refractivity contribution is 5.94. The Bertz CT molecular complexity index is 505. The van der Waals surface area contributed by atoms with Crippen molar-refractivity contribution in [2.45, 2.75) is 38.6 Å². The molecule has 1 aliphatic rings. The van der Waals surface area contributed by atoms with E-state index in [-0.39, 0.29) is 5.91 Å². The number of benzene rings is 1. The highest BCUT2D eigenvalue weighted by Crippen LogP contribution is 2.29. The SMILES string of the molecule is CCC1CCCCN1CC(=O)Nc1cc(OC)ccc1OC. The number of likely N-dealkylation sites (tertiary alicyclic amines) is 1. The van der Waals surface area contributed by atoms with Crippen LogP contribution in [0.15, 0.2) is 18.2 Å². The smallest absolute Gasteiger partial charge is 0.238 e. The van der Waals surface area contributed by atoms with Gasteiger partial charge in [-0.15, -0.1) is 0 Å². The van der Waals surface area contributed by atoms with Crippen LogP contribution in [-0.2, 0) is 4.79 Å². The van der Waals surface area contributed by atoms with E-state index in [2.05, 4.69) is 17.1 Å². The van der Waals surface area contributed by atoms with Crippen molar-refractivity contribution < 1.29 is 14.3 Å². The highest BCUT2D eigenvalue weighted by atomic mass is 16.5. The van der Waals surface area contributed by atoms with E-state index in [1.165, 1.54) is 19.3 Å². The number of methoxy groups -OCH3 is 2. The summed E-state index contributed by atoms with van der Waals surface area (Å²) in [5.41, 5.74) is 0.650. The fourth-order valence-electron chi connectivity index (χ4n) is 3.02. The lowest BCUT2D eigenvalue weighted by molar-refractivity contribution is -0.118. The Morgan fingerprint density at radius 2 is 2.14 bits per heavy atom. The summed E-state index contributed by atoms with van der Waals surface area (Å²) >= 11 is 0. The minimum Gasteiger partial charge on any atom is -0.497 e. The van der Waals surface area contributed by atoms with Gasteiger partial charge in [-0.1, -0.05) is 13.3 Å². The van der Waals surface area contributed by atoms with Gasteiger partial charge in [0.15, 0.2) is 0 Å². The topological polar surface area (TPSA) is 50.8 Å². The lowest BCUT2D eigenvalue weighted by Crippen LogP contribution is -2.43. The Hall–Kier alpha value is -1.75. The van der Waals surface area contributed by atoms with Gasteiger partial charge in [0.1, 0.15) is 11.5 Å². The third-order valence-electron chi connectivity index (χ3n) is 4.25. The van der Waals surface area contributed by atoms with Gasteiger partial charge in [0, 0.05) is 12.1 Å². The van der Waals surface area contributed by atoms with Crippen molar-refractivity contribution in [2.75, 3.05) is 32.6 Å². The van der Waals surface area contributed by atoms with Crippen molar-refractivity contribution in [2.24, 2.45) is 0 Å². The fraction of sp³-hybridized carbons (Fsp3) is 0.588. The Morgan fingerprint density at radius 3 is 2.82 bits per heavy atom. The first kappa shape index (κ1) is 16.6. The summed E-state index contributed by atoms with van der Waals surface area (Å²) in [6.07, 6.45) is 4.72. The number of hydrogen-bond donors (Lipinski definition) is 1. The van der Waals surface area contributed by atoms with Crippen LogP contribution in [0.1, 0.15) is 32.6 Å². The molecule has 0 aliphatic carbocycles. The highest BCUT2D eigenvalue weighted by Gasteiger charge is 2.23. The molecule has 1 heterocycles. The van der Waals surface area contributed by atoms with Crippen LogP contribution < -0.4 is 14.8 Å². The molecule has 1 atom stereocenters. The molecule has 1 aromatic rings. The maximum Gasteiger partial charge on any atom is 0.238 e. The number of amides is 1. The quantitative estimate of drug-likeness (QED) is 0.878. The second-order valence-electron chi connectivity index (χ2n) is 5.64. The summed E-state index contributed by atoms with van der Waals surface area (Å²) < 4.78 is 10.5. The minimum atomic E-state index is -0.00750. The van der Waals surface area contributed by atoms with E-state index in [1.54, 1.807) is 26.4 Å². The molecule has 1 fully saturated rings. The molecule has 0 spiro atoms. The van der Waals surface area contributed by atoms with Crippen molar-refractivity contribution in [3.63, 3.8) is 0 Å². The van der Waals surface area contributed by atoms with Crippen molar-refractivity contribution in [3.8, 4) is 11.5 Å². The third-order valence-corrected chi connectivity index (χ3v) is 4.25. The van der Waals surface area contributed by atoms with Crippen LogP contribution in [0.5, 0.6) is 11.5 Å². The Kier molecular flexibility index (Phi) is 6.07. The third kappa shape index (κ3) is 4.13. The first-order chi connectivity index (χ1) is 10.7. The van der Waals surface area contributed by atoms with Crippen molar-refractivity contribution >= 4 is 11.6 Å². The molecule has 1 saturated heterocycles. The van der Waals surface area contributed by atoms with Gasteiger partial charge >= 0.3 is 0 Å². The number of anilines is 1. The summed E-state index contributed by atoms with van der Waals surface area (Å²) in [5, 5.41) is 2.94. The fourth-order valence-corrected chi connectivity index (χ4v) is 3.02. The maximum absolute atomic E-state index is 12.4. The number of hydrogen-bond acceptors (Lipinski definition) is 4. The van der Waals surface area contributed by atoms with Gasteiger partial charge in [0.2, 0.25) is 5.91 Å². The van der Waals surface area contributed by atoms with Crippen LogP contribution in [0.4, 0.5) is 5.69 Å². The number of carbonyl (C=O) groups is 1. The molecule has 5 heteroatoms. The van der Waals surface area contributed by atoms with Crippen molar-refractivity contribution in [3.05, 3.63) is 18.2 Å². The number of carbonyl (C=O) groups excluding carboxylic acids is 1. The van der Waals surface area contributed by atoms with E-state index in [4.69, 9.17) is 9.47 Å². The van der Waals surface area contributed by atoms with Gasteiger partial charge in [-0.2, -0.15) is 0 Å².